The van der Waals surface area contributed by atoms with E-state index in [1.165, 1.54) is 12.7 Å². The predicted molar refractivity (Wildman–Crippen MR) is 76.3 cm³/mol. The second-order valence-corrected chi connectivity index (χ2v) is 5.51. The maximum atomic E-state index is 11.5. The topological polar surface area (TPSA) is 29.5 Å². The average molecular weight is 314 g/mol. The Labute approximate surface area is 117 Å². The third-order valence-corrected chi connectivity index (χ3v) is 3.81. The molecular weight excluding hydrogens is 294 g/mol. The van der Waals surface area contributed by atoms with E-state index < -0.39 is 0 Å². The van der Waals surface area contributed by atoms with Crippen molar-refractivity contribution in [3.63, 3.8) is 0 Å². The number of hydrogen-bond acceptors (Lipinski definition) is 3. The van der Waals surface area contributed by atoms with Gasteiger partial charge in [0.2, 0.25) is 0 Å². The first kappa shape index (κ1) is 15.2. The minimum atomic E-state index is -0.163. The van der Waals surface area contributed by atoms with Gasteiger partial charge < -0.3 is 4.74 Å². The molecule has 4 heteroatoms. The summed E-state index contributed by atoms with van der Waals surface area (Å²) < 4.78 is 5.85. The normalized spacial score (nSPS) is 14.3. The van der Waals surface area contributed by atoms with Crippen molar-refractivity contribution in [2.45, 2.75) is 26.4 Å². The van der Waals surface area contributed by atoms with Crippen molar-refractivity contribution in [2.24, 2.45) is 5.92 Å². The van der Waals surface area contributed by atoms with Gasteiger partial charge in [-0.15, -0.1) is 0 Å². The number of ether oxygens (including phenoxy) is 1. The van der Waals surface area contributed by atoms with Crippen molar-refractivity contribution in [1.82, 2.24) is 4.90 Å². The van der Waals surface area contributed by atoms with Gasteiger partial charge in [-0.05, 0) is 31.7 Å². The molecule has 1 aromatic carbocycles. The van der Waals surface area contributed by atoms with Crippen molar-refractivity contribution >= 4 is 21.9 Å². The van der Waals surface area contributed by atoms with E-state index in [9.17, 15) is 4.79 Å². The summed E-state index contributed by atoms with van der Waals surface area (Å²) in [5.74, 6) is -0.296. The molecule has 1 rings (SSSR count). The molecule has 0 heterocycles. The molecule has 0 aliphatic rings. The highest BCUT2D eigenvalue weighted by molar-refractivity contribution is 9.10. The van der Waals surface area contributed by atoms with E-state index in [0.717, 1.165) is 11.0 Å². The first-order chi connectivity index (χ1) is 8.45. The summed E-state index contributed by atoms with van der Waals surface area (Å²) in [6.07, 6.45) is 0. The van der Waals surface area contributed by atoms with Gasteiger partial charge in [0.05, 0.1) is 13.0 Å². The molecule has 2 atom stereocenters. The molecule has 0 radical (unpaired) electrons. The number of benzene rings is 1. The fraction of sp³-hybridized carbons (Fsp3) is 0.500. The summed E-state index contributed by atoms with van der Waals surface area (Å²) in [5.41, 5.74) is 1.22. The van der Waals surface area contributed by atoms with Gasteiger partial charge in [0.25, 0.3) is 0 Å². The van der Waals surface area contributed by atoms with Crippen molar-refractivity contribution < 1.29 is 9.53 Å². The van der Waals surface area contributed by atoms with E-state index in [1.54, 1.807) is 0 Å². The second kappa shape index (κ2) is 6.90. The standard InChI is InChI=1S/C14H20BrNO2/c1-10(14(17)18-4)11(2)16(3)9-12-6-5-7-13(15)8-12/h5-8,10-11H,9H2,1-4H3. The largest absolute Gasteiger partial charge is 0.469 e. The summed E-state index contributed by atoms with van der Waals surface area (Å²) in [4.78, 5) is 13.7. The number of rotatable bonds is 5. The van der Waals surface area contributed by atoms with Crippen molar-refractivity contribution in [3.05, 3.63) is 34.3 Å². The molecule has 0 bridgehead atoms. The van der Waals surface area contributed by atoms with Crippen LogP contribution in [0.3, 0.4) is 0 Å². The Morgan fingerprint density at radius 3 is 2.67 bits per heavy atom. The molecule has 100 valence electrons. The number of carbonyl (C=O) groups is 1. The van der Waals surface area contributed by atoms with Crippen LogP contribution in [0.4, 0.5) is 0 Å². The highest BCUT2D eigenvalue weighted by Gasteiger charge is 2.24. The van der Waals surface area contributed by atoms with Gasteiger partial charge in [-0.3, -0.25) is 9.69 Å². The summed E-state index contributed by atoms with van der Waals surface area (Å²) in [6.45, 7) is 4.75. The van der Waals surface area contributed by atoms with E-state index in [0.29, 0.717) is 0 Å². The van der Waals surface area contributed by atoms with Crippen LogP contribution >= 0.6 is 15.9 Å². The van der Waals surface area contributed by atoms with E-state index in [1.807, 2.05) is 33.0 Å². The fourth-order valence-corrected chi connectivity index (χ4v) is 2.28. The lowest BCUT2D eigenvalue weighted by atomic mass is 10.0. The molecule has 0 aromatic heterocycles. The Morgan fingerprint density at radius 1 is 1.44 bits per heavy atom. The van der Waals surface area contributed by atoms with Gasteiger partial charge in [-0.25, -0.2) is 0 Å². The molecule has 0 aliphatic carbocycles. The number of carbonyl (C=O) groups excluding carboxylic acids is 1. The smallest absolute Gasteiger partial charge is 0.309 e. The minimum absolute atomic E-state index is 0.132. The lowest BCUT2D eigenvalue weighted by Gasteiger charge is -2.28. The third kappa shape index (κ3) is 4.10. The molecule has 0 fully saturated rings. The van der Waals surface area contributed by atoms with Gasteiger partial charge in [0, 0.05) is 17.1 Å². The lowest BCUT2D eigenvalue weighted by Crippen LogP contribution is -2.37. The predicted octanol–water partition coefficient (Wildman–Crippen LogP) is 3.08. The monoisotopic (exact) mass is 313 g/mol. The fourth-order valence-electron chi connectivity index (χ4n) is 1.83. The van der Waals surface area contributed by atoms with Crippen LogP contribution in [0.5, 0.6) is 0 Å². The van der Waals surface area contributed by atoms with Gasteiger partial charge in [0.15, 0.2) is 0 Å². The van der Waals surface area contributed by atoms with E-state index in [4.69, 9.17) is 4.74 Å². The number of hydrogen-bond donors (Lipinski definition) is 0. The maximum Gasteiger partial charge on any atom is 0.309 e. The van der Waals surface area contributed by atoms with Crippen molar-refractivity contribution in [1.29, 1.82) is 0 Å². The van der Waals surface area contributed by atoms with E-state index >= 15 is 0 Å². The Hall–Kier alpha value is -0.870. The Bertz CT molecular complexity index is 409. The first-order valence-electron chi connectivity index (χ1n) is 5.98. The summed E-state index contributed by atoms with van der Waals surface area (Å²) >= 11 is 3.46. The van der Waals surface area contributed by atoms with Crippen LogP contribution in [0.2, 0.25) is 0 Å². The van der Waals surface area contributed by atoms with E-state index in [2.05, 4.69) is 33.0 Å². The quantitative estimate of drug-likeness (QED) is 0.782. The van der Waals surface area contributed by atoms with Crippen LogP contribution in [0, 0.1) is 5.92 Å². The summed E-state index contributed by atoms with van der Waals surface area (Å²) in [6, 6.07) is 8.32. The number of methoxy groups -OCH3 is 1. The van der Waals surface area contributed by atoms with E-state index in [-0.39, 0.29) is 17.9 Å². The lowest BCUT2D eigenvalue weighted by molar-refractivity contribution is -0.146. The van der Waals surface area contributed by atoms with Gasteiger partial charge >= 0.3 is 5.97 Å². The van der Waals surface area contributed by atoms with Crippen LogP contribution in [0.25, 0.3) is 0 Å². The third-order valence-electron chi connectivity index (χ3n) is 3.31. The number of nitrogens with zero attached hydrogens (tertiary/aromatic N) is 1. The van der Waals surface area contributed by atoms with Crippen LogP contribution in [0.1, 0.15) is 19.4 Å². The summed E-state index contributed by atoms with van der Waals surface area (Å²) in [7, 11) is 3.45. The van der Waals surface area contributed by atoms with Gasteiger partial charge in [0.1, 0.15) is 0 Å². The molecule has 0 amide bonds. The minimum Gasteiger partial charge on any atom is -0.469 e. The number of halogens is 1. The molecule has 0 aliphatic heterocycles. The molecule has 0 saturated carbocycles. The van der Waals surface area contributed by atoms with Crippen LogP contribution < -0.4 is 0 Å². The van der Waals surface area contributed by atoms with Gasteiger partial charge in [-0.2, -0.15) is 0 Å². The first-order valence-corrected chi connectivity index (χ1v) is 6.77. The molecular formula is C14H20BrNO2. The summed E-state index contributed by atoms with van der Waals surface area (Å²) in [5, 5.41) is 0. The Balaban J connectivity index is 2.65. The molecule has 0 spiro atoms. The zero-order chi connectivity index (χ0) is 13.7. The van der Waals surface area contributed by atoms with Crippen molar-refractivity contribution in [3.8, 4) is 0 Å². The molecule has 0 N–H and O–H groups in total. The Morgan fingerprint density at radius 2 is 2.11 bits per heavy atom. The maximum absolute atomic E-state index is 11.5. The number of esters is 1. The zero-order valence-corrected chi connectivity index (χ0v) is 12.9. The van der Waals surface area contributed by atoms with Crippen molar-refractivity contribution in [2.75, 3.05) is 14.2 Å². The SMILES string of the molecule is COC(=O)C(C)C(C)N(C)Cc1cccc(Br)c1. The second-order valence-electron chi connectivity index (χ2n) is 4.60. The highest BCUT2D eigenvalue weighted by atomic mass is 79.9. The molecule has 2 unspecified atom stereocenters. The molecule has 3 nitrogen and oxygen atoms in total. The zero-order valence-electron chi connectivity index (χ0n) is 11.3. The van der Waals surface area contributed by atoms with Crippen LogP contribution in [0.15, 0.2) is 28.7 Å². The van der Waals surface area contributed by atoms with Gasteiger partial charge in [-0.1, -0.05) is 35.0 Å². The average Bonchev–Trinajstić information content (AvgIpc) is 2.36. The molecule has 18 heavy (non-hydrogen) atoms. The van der Waals surface area contributed by atoms with Crippen LogP contribution in [-0.4, -0.2) is 31.1 Å². The molecule has 1 aromatic rings. The highest BCUT2D eigenvalue weighted by Crippen LogP contribution is 2.17. The Kier molecular flexibility index (Phi) is 5.82. The van der Waals surface area contributed by atoms with Crippen LogP contribution in [-0.2, 0) is 16.1 Å². The molecule has 0 saturated heterocycles.